The van der Waals surface area contributed by atoms with E-state index in [9.17, 15) is 14.0 Å². The van der Waals surface area contributed by atoms with Crippen molar-refractivity contribution in [2.45, 2.75) is 25.8 Å². The van der Waals surface area contributed by atoms with E-state index in [2.05, 4.69) is 20.6 Å². The van der Waals surface area contributed by atoms with Crippen LogP contribution >= 0.6 is 0 Å². The number of anilines is 2. The number of carbonyl (C=O) groups is 1. The van der Waals surface area contributed by atoms with Gasteiger partial charge in [-0.05, 0) is 49.6 Å². The van der Waals surface area contributed by atoms with Gasteiger partial charge in [0.25, 0.3) is 5.56 Å². The molecule has 1 fully saturated rings. The monoisotopic (exact) mass is 410 g/mol. The first-order valence-corrected chi connectivity index (χ1v) is 9.83. The quantitative estimate of drug-likeness (QED) is 0.692. The number of hydrogen-bond donors (Lipinski definition) is 2. The van der Waals surface area contributed by atoms with Gasteiger partial charge in [-0.15, -0.1) is 0 Å². The SMILES string of the molecule is Cc1ccc(NC(=O)NC2CCN(c3nc4cccnc4n(C)c3=O)CC2)cc1F. The molecule has 30 heavy (non-hydrogen) atoms. The molecule has 0 unspecified atom stereocenters. The average Bonchev–Trinajstić information content (AvgIpc) is 2.74. The minimum atomic E-state index is -0.373. The number of halogens is 1. The zero-order valence-electron chi connectivity index (χ0n) is 16.9. The highest BCUT2D eigenvalue weighted by Gasteiger charge is 2.24. The molecule has 1 aliphatic heterocycles. The molecule has 2 N–H and O–H groups in total. The first kappa shape index (κ1) is 19.8. The van der Waals surface area contributed by atoms with Gasteiger partial charge in [0.1, 0.15) is 11.3 Å². The van der Waals surface area contributed by atoms with Crippen LogP contribution in [-0.4, -0.2) is 39.7 Å². The summed E-state index contributed by atoms with van der Waals surface area (Å²) in [6, 6.07) is 7.79. The Balaban J connectivity index is 1.39. The lowest BCUT2D eigenvalue weighted by Crippen LogP contribution is -2.47. The number of pyridine rings is 1. The molecule has 0 aliphatic carbocycles. The van der Waals surface area contributed by atoms with Crippen LogP contribution in [0.5, 0.6) is 0 Å². The normalized spacial score (nSPS) is 14.7. The maximum atomic E-state index is 13.6. The van der Waals surface area contributed by atoms with Crippen LogP contribution in [0.4, 0.5) is 20.7 Å². The number of benzene rings is 1. The summed E-state index contributed by atoms with van der Waals surface area (Å²) < 4.78 is 15.1. The average molecular weight is 410 g/mol. The smallest absolute Gasteiger partial charge is 0.319 e. The maximum Gasteiger partial charge on any atom is 0.319 e. The fraction of sp³-hybridized carbons (Fsp3) is 0.333. The van der Waals surface area contributed by atoms with Crippen LogP contribution in [-0.2, 0) is 7.05 Å². The topological polar surface area (TPSA) is 92.2 Å². The van der Waals surface area contributed by atoms with Crippen molar-refractivity contribution in [3.63, 3.8) is 0 Å². The molecule has 0 radical (unpaired) electrons. The third-order valence-electron chi connectivity index (χ3n) is 5.37. The van der Waals surface area contributed by atoms with Crippen molar-refractivity contribution >= 4 is 28.7 Å². The molecule has 1 saturated heterocycles. The number of nitrogens with zero attached hydrogens (tertiary/aromatic N) is 4. The molecule has 4 rings (SSSR count). The summed E-state index contributed by atoms with van der Waals surface area (Å²) in [4.78, 5) is 35.6. The van der Waals surface area contributed by atoms with Gasteiger partial charge < -0.3 is 15.5 Å². The zero-order chi connectivity index (χ0) is 21.3. The Morgan fingerprint density at radius 1 is 1.23 bits per heavy atom. The first-order valence-electron chi connectivity index (χ1n) is 9.83. The van der Waals surface area contributed by atoms with Gasteiger partial charge in [-0.1, -0.05) is 6.07 Å². The van der Waals surface area contributed by atoms with E-state index >= 15 is 0 Å². The molecule has 1 aromatic carbocycles. The van der Waals surface area contributed by atoms with Crippen LogP contribution < -0.4 is 21.1 Å². The minimum Gasteiger partial charge on any atom is -0.352 e. The minimum absolute atomic E-state index is 0.0393. The lowest BCUT2D eigenvalue weighted by atomic mass is 10.1. The Morgan fingerprint density at radius 2 is 2.00 bits per heavy atom. The van der Waals surface area contributed by atoms with E-state index in [4.69, 9.17) is 0 Å². The summed E-state index contributed by atoms with van der Waals surface area (Å²) in [5.74, 6) is 0.0387. The highest BCUT2D eigenvalue weighted by Crippen LogP contribution is 2.18. The molecule has 0 saturated carbocycles. The number of amides is 2. The molecular weight excluding hydrogens is 387 g/mol. The third kappa shape index (κ3) is 3.96. The highest BCUT2D eigenvalue weighted by atomic mass is 19.1. The van der Waals surface area contributed by atoms with Crippen molar-refractivity contribution in [1.29, 1.82) is 0 Å². The maximum absolute atomic E-state index is 13.6. The van der Waals surface area contributed by atoms with Gasteiger partial charge in [-0.25, -0.2) is 19.2 Å². The van der Waals surface area contributed by atoms with E-state index < -0.39 is 0 Å². The second kappa shape index (κ2) is 8.10. The fourth-order valence-corrected chi connectivity index (χ4v) is 3.61. The number of carbonyl (C=O) groups excluding carboxylic acids is 1. The summed E-state index contributed by atoms with van der Waals surface area (Å²) >= 11 is 0. The van der Waals surface area contributed by atoms with Crippen LogP contribution in [0.1, 0.15) is 18.4 Å². The Kier molecular flexibility index (Phi) is 5.35. The lowest BCUT2D eigenvalue weighted by Gasteiger charge is -2.32. The molecule has 2 amide bonds. The van der Waals surface area contributed by atoms with Crippen molar-refractivity contribution in [1.82, 2.24) is 19.9 Å². The van der Waals surface area contributed by atoms with E-state index in [0.29, 0.717) is 54.2 Å². The van der Waals surface area contributed by atoms with Crippen LogP contribution in [0.25, 0.3) is 11.2 Å². The summed E-state index contributed by atoms with van der Waals surface area (Å²) in [6.07, 6.45) is 2.98. The number of piperidine rings is 1. The van der Waals surface area contributed by atoms with Gasteiger partial charge in [-0.2, -0.15) is 0 Å². The Hall–Kier alpha value is -3.49. The van der Waals surface area contributed by atoms with Crippen LogP contribution in [0.15, 0.2) is 41.3 Å². The van der Waals surface area contributed by atoms with E-state index in [-0.39, 0.29) is 23.4 Å². The molecule has 9 heteroatoms. The standard InChI is InChI=1S/C21H23FN6O2/c1-13-5-6-15(12-16(13)22)25-21(30)24-14-7-10-28(11-8-14)19-20(29)27(2)18-17(26-19)4-3-9-23-18/h3-6,9,12,14H,7-8,10-11H2,1-2H3,(H2,24,25,30). The molecule has 156 valence electrons. The first-order chi connectivity index (χ1) is 14.4. The molecule has 2 aromatic heterocycles. The molecule has 0 bridgehead atoms. The van der Waals surface area contributed by atoms with Crippen LogP contribution in [0, 0.1) is 12.7 Å². The van der Waals surface area contributed by atoms with Gasteiger partial charge in [0.15, 0.2) is 11.5 Å². The van der Waals surface area contributed by atoms with Crippen molar-refractivity contribution in [3.8, 4) is 0 Å². The Labute approximate surface area is 172 Å². The van der Waals surface area contributed by atoms with Gasteiger partial charge in [0, 0.05) is 38.1 Å². The van der Waals surface area contributed by atoms with Gasteiger partial charge in [-0.3, -0.25) is 9.36 Å². The summed E-state index contributed by atoms with van der Waals surface area (Å²) in [5.41, 5.74) is 1.96. The largest absolute Gasteiger partial charge is 0.352 e. The molecule has 1 aliphatic rings. The molecule has 3 aromatic rings. The number of hydrogen-bond acceptors (Lipinski definition) is 5. The van der Waals surface area contributed by atoms with E-state index in [1.165, 1.54) is 10.6 Å². The van der Waals surface area contributed by atoms with Crippen molar-refractivity contribution in [2.75, 3.05) is 23.3 Å². The second-order valence-electron chi connectivity index (χ2n) is 7.47. The molecular formula is C21H23FN6O2. The van der Waals surface area contributed by atoms with E-state index in [1.54, 1.807) is 38.4 Å². The van der Waals surface area contributed by atoms with E-state index in [1.807, 2.05) is 11.0 Å². The number of fused-ring (bicyclic) bond motifs is 1. The number of nitrogens with one attached hydrogen (secondary N) is 2. The number of rotatable bonds is 3. The van der Waals surface area contributed by atoms with Crippen molar-refractivity contribution in [3.05, 3.63) is 58.3 Å². The predicted octanol–water partition coefficient (Wildman–Crippen LogP) is 2.57. The van der Waals surface area contributed by atoms with Gasteiger partial charge in [0.05, 0.1) is 0 Å². The van der Waals surface area contributed by atoms with Crippen LogP contribution in [0.3, 0.4) is 0 Å². The Morgan fingerprint density at radius 3 is 2.73 bits per heavy atom. The lowest BCUT2D eigenvalue weighted by molar-refractivity contribution is 0.246. The Bertz CT molecular complexity index is 1150. The summed E-state index contributed by atoms with van der Waals surface area (Å²) in [5, 5.41) is 5.58. The van der Waals surface area contributed by atoms with Crippen LogP contribution in [0.2, 0.25) is 0 Å². The molecule has 0 atom stereocenters. The highest BCUT2D eigenvalue weighted by molar-refractivity contribution is 5.89. The van der Waals surface area contributed by atoms with Gasteiger partial charge >= 0.3 is 6.03 Å². The number of urea groups is 1. The third-order valence-corrected chi connectivity index (χ3v) is 5.37. The predicted molar refractivity (Wildman–Crippen MR) is 113 cm³/mol. The van der Waals surface area contributed by atoms with E-state index in [0.717, 1.165) is 0 Å². The summed E-state index contributed by atoms with van der Waals surface area (Å²) in [7, 11) is 1.69. The molecule has 8 nitrogen and oxygen atoms in total. The van der Waals surface area contributed by atoms with Crippen molar-refractivity contribution < 1.29 is 9.18 Å². The van der Waals surface area contributed by atoms with Crippen molar-refractivity contribution in [2.24, 2.45) is 7.05 Å². The molecule has 3 heterocycles. The number of aromatic nitrogens is 3. The molecule has 0 spiro atoms. The zero-order valence-corrected chi connectivity index (χ0v) is 16.9. The summed E-state index contributed by atoms with van der Waals surface area (Å²) in [6.45, 7) is 2.86. The number of aryl methyl sites for hydroxylation is 2. The van der Waals surface area contributed by atoms with Gasteiger partial charge in [0.2, 0.25) is 0 Å². The fourth-order valence-electron chi connectivity index (χ4n) is 3.61. The second-order valence-corrected chi connectivity index (χ2v) is 7.47.